The van der Waals surface area contributed by atoms with Gasteiger partial charge in [0.2, 0.25) is 0 Å². The van der Waals surface area contributed by atoms with E-state index >= 15 is 0 Å². The van der Waals surface area contributed by atoms with Crippen LogP contribution in [-0.4, -0.2) is 42.5 Å². The van der Waals surface area contributed by atoms with E-state index in [1.54, 1.807) is 17.4 Å². The zero-order valence-electron chi connectivity index (χ0n) is 15.2. The third-order valence-corrected chi connectivity index (χ3v) is 5.75. The van der Waals surface area contributed by atoms with Gasteiger partial charge in [0.1, 0.15) is 5.75 Å². The van der Waals surface area contributed by atoms with E-state index in [0.717, 1.165) is 44.3 Å². The third kappa shape index (κ3) is 4.69. The lowest BCUT2D eigenvalue weighted by atomic mass is 9.98. The first-order chi connectivity index (χ1) is 13.2. The second-order valence-electron chi connectivity index (χ2n) is 7.36. The predicted molar refractivity (Wildman–Crippen MR) is 105 cm³/mol. The van der Waals surface area contributed by atoms with Gasteiger partial charge in [-0.05, 0) is 55.3 Å². The SMILES string of the molecule is O=C(NC1CC1)c1cccc(OCC2CCCN(C(=O)c3ccsc3)C2)c1. The molecule has 0 bridgehead atoms. The van der Waals surface area contributed by atoms with Crippen molar-refractivity contribution in [2.45, 2.75) is 31.7 Å². The molecule has 0 spiro atoms. The fraction of sp³-hybridized carbons (Fsp3) is 0.429. The normalized spacial score (nSPS) is 19.6. The number of hydrogen-bond acceptors (Lipinski definition) is 4. The monoisotopic (exact) mass is 384 g/mol. The van der Waals surface area contributed by atoms with Gasteiger partial charge in [-0.25, -0.2) is 0 Å². The van der Waals surface area contributed by atoms with Gasteiger partial charge in [0.15, 0.2) is 0 Å². The first kappa shape index (κ1) is 18.0. The van der Waals surface area contributed by atoms with Gasteiger partial charge in [0.05, 0.1) is 12.2 Å². The van der Waals surface area contributed by atoms with Crippen LogP contribution in [-0.2, 0) is 0 Å². The van der Waals surface area contributed by atoms with Crippen molar-refractivity contribution in [3.63, 3.8) is 0 Å². The Balaban J connectivity index is 1.31. The fourth-order valence-corrected chi connectivity index (χ4v) is 4.02. The van der Waals surface area contributed by atoms with Crippen molar-refractivity contribution in [2.75, 3.05) is 19.7 Å². The third-order valence-electron chi connectivity index (χ3n) is 5.07. The molecule has 4 rings (SSSR count). The highest BCUT2D eigenvalue weighted by Crippen LogP contribution is 2.23. The number of amides is 2. The van der Waals surface area contributed by atoms with Crippen LogP contribution in [0.25, 0.3) is 0 Å². The first-order valence-corrected chi connectivity index (χ1v) is 10.5. The minimum absolute atomic E-state index is 0.0341. The van der Waals surface area contributed by atoms with Crippen molar-refractivity contribution < 1.29 is 14.3 Å². The van der Waals surface area contributed by atoms with Gasteiger partial charge in [-0.15, -0.1) is 0 Å². The number of nitrogens with one attached hydrogen (secondary N) is 1. The number of carbonyl (C=O) groups excluding carboxylic acids is 2. The van der Waals surface area contributed by atoms with Crippen LogP contribution in [0.15, 0.2) is 41.1 Å². The van der Waals surface area contributed by atoms with E-state index < -0.39 is 0 Å². The Morgan fingerprint density at radius 3 is 2.85 bits per heavy atom. The highest BCUT2D eigenvalue weighted by atomic mass is 32.1. The maximum Gasteiger partial charge on any atom is 0.254 e. The summed E-state index contributed by atoms with van der Waals surface area (Å²) in [6.07, 6.45) is 4.19. The molecule has 1 saturated carbocycles. The molecule has 1 atom stereocenters. The van der Waals surface area contributed by atoms with Crippen molar-refractivity contribution >= 4 is 23.2 Å². The zero-order chi connectivity index (χ0) is 18.6. The Hall–Kier alpha value is -2.34. The van der Waals surface area contributed by atoms with Crippen molar-refractivity contribution in [3.05, 3.63) is 52.2 Å². The molecule has 1 unspecified atom stereocenters. The molecule has 1 aliphatic heterocycles. The molecule has 5 nitrogen and oxygen atoms in total. The minimum Gasteiger partial charge on any atom is -0.493 e. The molecule has 1 aromatic heterocycles. The summed E-state index contributed by atoms with van der Waals surface area (Å²) in [6, 6.07) is 9.57. The summed E-state index contributed by atoms with van der Waals surface area (Å²) in [5.74, 6) is 1.10. The average Bonchev–Trinajstić information content (AvgIpc) is 3.34. The maximum absolute atomic E-state index is 12.5. The van der Waals surface area contributed by atoms with E-state index in [9.17, 15) is 9.59 Å². The van der Waals surface area contributed by atoms with E-state index in [1.165, 1.54) is 0 Å². The number of hydrogen-bond donors (Lipinski definition) is 1. The zero-order valence-corrected chi connectivity index (χ0v) is 16.0. The molecule has 142 valence electrons. The minimum atomic E-state index is -0.0341. The Kier molecular flexibility index (Phi) is 5.43. The Labute approximate surface area is 163 Å². The van der Waals surface area contributed by atoms with Gasteiger partial charge >= 0.3 is 0 Å². The van der Waals surface area contributed by atoms with Crippen molar-refractivity contribution in [2.24, 2.45) is 5.92 Å². The summed E-state index contributed by atoms with van der Waals surface area (Å²) in [7, 11) is 0. The number of carbonyl (C=O) groups is 2. The number of nitrogens with zero attached hydrogens (tertiary/aromatic N) is 1. The lowest BCUT2D eigenvalue weighted by Gasteiger charge is -2.32. The van der Waals surface area contributed by atoms with Crippen LogP contribution in [0.4, 0.5) is 0 Å². The van der Waals surface area contributed by atoms with Crippen LogP contribution >= 0.6 is 11.3 Å². The first-order valence-electron chi connectivity index (χ1n) is 9.54. The summed E-state index contributed by atoms with van der Waals surface area (Å²) >= 11 is 1.55. The van der Waals surface area contributed by atoms with Crippen molar-refractivity contribution in [3.8, 4) is 5.75 Å². The molecule has 1 aromatic carbocycles. The summed E-state index contributed by atoms with van der Waals surface area (Å²) in [6.45, 7) is 2.08. The maximum atomic E-state index is 12.5. The van der Waals surface area contributed by atoms with Gasteiger partial charge in [-0.3, -0.25) is 9.59 Å². The summed E-state index contributed by atoms with van der Waals surface area (Å²) in [5.41, 5.74) is 1.41. The summed E-state index contributed by atoms with van der Waals surface area (Å²) in [5, 5.41) is 6.83. The highest BCUT2D eigenvalue weighted by Gasteiger charge is 2.26. The number of piperidine rings is 1. The molecule has 27 heavy (non-hydrogen) atoms. The largest absolute Gasteiger partial charge is 0.493 e. The molecule has 1 saturated heterocycles. The van der Waals surface area contributed by atoms with E-state index in [4.69, 9.17) is 4.74 Å². The van der Waals surface area contributed by atoms with Gasteiger partial charge in [0.25, 0.3) is 11.8 Å². The number of likely N-dealkylation sites (tertiary alicyclic amines) is 1. The van der Waals surface area contributed by atoms with Crippen LogP contribution in [0.3, 0.4) is 0 Å². The predicted octanol–water partition coefficient (Wildman–Crippen LogP) is 3.57. The fourth-order valence-electron chi connectivity index (χ4n) is 3.39. The molecule has 0 radical (unpaired) electrons. The van der Waals surface area contributed by atoms with Gasteiger partial charge < -0.3 is 15.0 Å². The Bertz CT molecular complexity index is 802. The summed E-state index contributed by atoms with van der Waals surface area (Å²) < 4.78 is 5.96. The van der Waals surface area contributed by atoms with Crippen molar-refractivity contribution in [1.29, 1.82) is 0 Å². The molecule has 1 aliphatic carbocycles. The van der Waals surface area contributed by atoms with Gasteiger partial charge in [-0.2, -0.15) is 11.3 Å². The molecular formula is C21H24N2O3S. The van der Waals surface area contributed by atoms with Gasteiger partial charge in [0, 0.05) is 36.0 Å². The summed E-state index contributed by atoms with van der Waals surface area (Å²) in [4.78, 5) is 26.6. The number of ether oxygens (including phenoxy) is 1. The lowest BCUT2D eigenvalue weighted by Crippen LogP contribution is -2.41. The average molecular weight is 385 g/mol. The number of rotatable bonds is 6. The lowest BCUT2D eigenvalue weighted by molar-refractivity contribution is 0.0633. The molecule has 1 N–H and O–H groups in total. The Morgan fingerprint density at radius 2 is 2.07 bits per heavy atom. The quantitative estimate of drug-likeness (QED) is 0.828. The second-order valence-corrected chi connectivity index (χ2v) is 8.14. The molecule has 2 aromatic rings. The van der Waals surface area contributed by atoms with Crippen LogP contribution in [0, 0.1) is 5.92 Å². The van der Waals surface area contributed by atoms with Crippen LogP contribution < -0.4 is 10.1 Å². The number of thiophene rings is 1. The van der Waals surface area contributed by atoms with Crippen LogP contribution in [0.1, 0.15) is 46.4 Å². The smallest absolute Gasteiger partial charge is 0.254 e. The second kappa shape index (κ2) is 8.13. The highest BCUT2D eigenvalue weighted by molar-refractivity contribution is 7.08. The van der Waals surface area contributed by atoms with E-state index in [0.29, 0.717) is 29.9 Å². The van der Waals surface area contributed by atoms with Crippen molar-refractivity contribution in [1.82, 2.24) is 10.2 Å². The molecular weight excluding hydrogens is 360 g/mol. The molecule has 2 fully saturated rings. The van der Waals surface area contributed by atoms with E-state index in [1.807, 2.05) is 39.9 Å². The van der Waals surface area contributed by atoms with E-state index in [2.05, 4.69) is 5.32 Å². The molecule has 2 amide bonds. The standard InChI is InChI=1S/C21H24N2O3S/c24-20(22-18-6-7-18)16-4-1-5-19(11-16)26-13-15-3-2-9-23(12-15)21(25)17-8-10-27-14-17/h1,4-5,8,10-11,14-15,18H,2-3,6-7,9,12-13H2,(H,22,24). The van der Waals surface area contributed by atoms with Crippen LogP contribution in [0.2, 0.25) is 0 Å². The topological polar surface area (TPSA) is 58.6 Å². The molecule has 2 aliphatic rings. The number of benzene rings is 1. The molecule has 6 heteroatoms. The van der Waals surface area contributed by atoms with Gasteiger partial charge in [-0.1, -0.05) is 6.07 Å². The molecule has 2 heterocycles. The van der Waals surface area contributed by atoms with Crippen LogP contribution in [0.5, 0.6) is 5.75 Å². The Morgan fingerprint density at radius 1 is 1.19 bits per heavy atom. The van der Waals surface area contributed by atoms with E-state index in [-0.39, 0.29) is 11.8 Å².